The van der Waals surface area contributed by atoms with Gasteiger partial charge < -0.3 is 9.80 Å². The molecule has 29 heavy (non-hydrogen) atoms. The SMILES string of the molecule is Cc1ccc(N2CCN(C(=O)c3ccc(N4C(=O)CCC4C)nc3)CC2)c(C)c1. The Bertz CT molecular complexity index is 917. The van der Waals surface area contributed by atoms with E-state index < -0.39 is 0 Å². The number of rotatable bonds is 3. The maximum absolute atomic E-state index is 12.9. The molecule has 0 aliphatic carbocycles. The van der Waals surface area contributed by atoms with E-state index in [0.717, 1.165) is 19.5 Å². The van der Waals surface area contributed by atoms with Crippen molar-refractivity contribution in [1.82, 2.24) is 9.88 Å². The van der Waals surface area contributed by atoms with Gasteiger partial charge in [-0.05, 0) is 51.0 Å². The van der Waals surface area contributed by atoms with Gasteiger partial charge in [-0.2, -0.15) is 0 Å². The van der Waals surface area contributed by atoms with E-state index in [0.29, 0.717) is 30.9 Å². The lowest BCUT2D eigenvalue weighted by molar-refractivity contribution is -0.117. The molecule has 1 aromatic heterocycles. The van der Waals surface area contributed by atoms with Crippen molar-refractivity contribution >= 4 is 23.3 Å². The van der Waals surface area contributed by atoms with Gasteiger partial charge in [0.15, 0.2) is 0 Å². The van der Waals surface area contributed by atoms with Crippen LogP contribution in [0.15, 0.2) is 36.5 Å². The molecular formula is C23H28N4O2. The minimum Gasteiger partial charge on any atom is -0.368 e. The van der Waals surface area contributed by atoms with Gasteiger partial charge in [0.05, 0.1) is 5.56 Å². The lowest BCUT2D eigenvalue weighted by Gasteiger charge is -2.37. The predicted octanol–water partition coefficient (Wildman–Crippen LogP) is 3.18. The molecule has 4 rings (SSSR count). The Hall–Kier alpha value is -2.89. The quantitative estimate of drug-likeness (QED) is 0.805. The Labute approximate surface area is 172 Å². The molecule has 1 unspecified atom stereocenters. The second-order valence-electron chi connectivity index (χ2n) is 8.13. The van der Waals surface area contributed by atoms with Crippen LogP contribution in [-0.2, 0) is 4.79 Å². The summed E-state index contributed by atoms with van der Waals surface area (Å²) in [4.78, 5) is 35.3. The predicted molar refractivity (Wildman–Crippen MR) is 114 cm³/mol. The number of aromatic nitrogens is 1. The van der Waals surface area contributed by atoms with Crippen molar-refractivity contribution in [3.63, 3.8) is 0 Å². The molecule has 2 aliphatic rings. The third kappa shape index (κ3) is 3.84. The van der Waals surface area contributed by atoms with Gasteiger partial charge >= 0.3 is 0 Å². The Balaban J connectivity index is 1.40. The number of benzene rings is 1. The van der Waals surface area contributed by atoms with Crippen molar-refractivity contribution < 1.29 is 9.59 Å². The largest absolute Gasteiger partial charge is 0.368 e. The standard InChI is InChI=1S/C23H28N4O2/c1-16-4-7-20(17(2)14-16)25-10-12-26(13-11-25)23(29)19-6-8-21(24-15-19)27-18(3)5-9-22(27)28/h4,6-8,14-15,18H,5,9-13H2,1-3H3. The highest BCUT2D eigenvalue weighted by Crippen LogP contribution is 2.25. The number of hydrogen-bond acceptors (Lipinski definition) is 4. The van der Waals surface area contributed by atoms with Crippen LogP contribution in [-0.4, -0.2) is 53.9 Å². The number of carbonyl (C=O) groups excluding carboxylic acids is 2. The van der Waals surface area contributed by atoms with E-state index in [9.17, 15) is 9.59 Å². The zero-order valence-corrected chi connectivity index (χ0v) is 17.4. The molecular weight excluding hydrogens is 364 g/mol. The highest BCUT2D eigenvalue weighted by atomic mass is 16.2. The molecule has 152 valence electrons. The van der Waals surface area contributed by atoms with E-state index in [4.69, 9.17) is 0 Å². The highest BCUT2D eigenvalue weighted by molar-refractivity contribution is 5.97. The zero-order chi connectivity index (χ0) is 20.5. The molecule has 0 spiro atoms. The fourth-order valence-corrected chi connectivity index (χ4v) is 4.33. The van der Waals surface area contributed by atoms with Crippen molar-refractivity contribution in [3.8, 4) is 0 Å². The number of aryl methyl sites for hydroxylation is 2. The minimum absolute atomic E-state index is 0.00475. The van der Waals surface area contributed by atoms with Crippen LogP contribution in [0.5, 0.6) is 0 Å². The van der Waals surface area contributed by atoms with Crippen LogP contribution in [0, 0.1) is 13.8 Å². The topological polar surface area (TPSA) is 56.8 Å². The van der Waals surface area contributed by atoms with Crippen LogP contribution in [0.4, 0.5) is 11.5 Å². The summed E-state index contributed by atoms with van der Waals surface area (Å²) in [6.07, 6.45) is 3.02. The molecule has 2 saturated heterocycles. The van der Waals surface area contributed by atoms with Crippen molar-refractivity contribution in [2.75, 3.05) is 36.0 Å². The normalized spacial score (nSPS) is 19.8. The van der Waals surface area contributed by atoms with E-state index in [1.807, 2.05) is 11.8 Å². The van der Waals surface area contributed by atoms with Crippen LogP contribution in [0.3, 0.4) is 0 Å². The van der Waals surface area contributed by atoms with E-state index >= 15 is 0 Å². The van der Waals surface area contributed by atoms with Crippen LogP contribution in [0.2, 0.25) is 0 Å². The Kier molecular flexibility index (Phi) is 5.26. The minimum atomic E-state index is 0.00475. The molecule has 2 aliphatic heterocycles. The van der Waals surface area contributed by atoms with Gasteiger partial charge in [0.1, 0.15) is 5.82 Å². The second kappa shape index (κ2) is 7.85. The number of piperazine rings is 1. The molecule has 0 bridgehead atoms. The molecule has 1 atom stereocenters. The molecule has 6 heteroatoms. The number of carbonyl (C=O) groups is 2. The third-order valence-electron chi connectivity index (χ3n) is 5.99. The van der Waals surface area contributed by atoms with E-state index in [-0.39, 0.29) is 17.9 Å². The van der Waals surface area contributed by atoms with Crippen molar-refractivity contribution in [2.45, 2.75) is 39.7 Å². The smallest absolute Gasteiger partial charge is 0.255 e. The molecule has 2 amide bonds. The van der Waals surface area contributed by atoms with Gasteiger partial charge in [0.25, 0.3) is 5.91 Å². The van der Waals surface area contributed by atoms with Gasteiger partial charge in [-0.25, -0.2) is 4.98 Å². The number of amides is 2. The monoisotopic (exact) mass is 392 g/mol. The molecule has 2 aromatic rings. The van der Waals surface area contributed by atoms with Gasteiger partial charge in [0.2, 0.25) is 5.91 Å². The number of pyridine rings is 1. The number of hydrogen-bond donors (Lipinski definition) is 0. The molecule has 3 heterocycles. The molecule has 0 radical (unpaired) electrons. The maximum atomic E-state index is 12.9. The summed E-state index contributed by atoms with van der Waals surface area (Å²) in [5.41, 5.74) is 4.36. The summed E-state index contributed by atoms with van der Waals surface area (Å²) in [6, 6.07) is 10.3. The lowest BCUT2D eigenvalue weighted by Crippen LogP contribution is -2.49. The molecule has 0 saturated carbocycles. The highest BCUT2D eigenvalue weighted by Gasteiger charge is 2.30. The zero-order valence-electron chi connectivity index (χ0n) is 17.4. The number of anilines is 2. The van der Waals surface area contributed by atoms with Crippen molar-refractivity contribution in [2.24, 2.45) is 0 Å². The average molecular weight is 393 g/mol. The van der Waals surface area contributed by atoms with E-state index in [1.165, 1.54) is 16.8 Å². The Morgan fingerprint density at radius 3 is 2.41 bits per heavy atom. The average Bonchev–Trinajstić information content (AvgIpc) is 3.06. The maximum Gasteiger partial charge on any atom is 0.255 e. The first-order chi connectivity index (χ1) is 13.9. The Morgan fingerprint density at radius 2 is 1.83 bits per heavy atom. The van der Waals surface area contributed by atoms with Gasteiger partial charge in [-0.3, -0.25) is 14.5 Å². The third-order valence-corrected chi connectivity index (χ3v) is 5.99. The number of nitrogens with zero attached hydrogens (tertiary/aromatic N) is 4. The lowest BCUT2D eigenvalue weighted by atomic mass is 10.1. The Morgan fingerprint density at radius 1 is 1.07 bits per heavy atom. The fourth-order valence-electron chi connectivity index (χ4n) is 4.33. The van der Waals surface area contributed by atoms with Crippen molar-refractivity contribution in [1.29, 1.82) is 0 Å². The summed E-state index contributed by atoms with van der Waals surface area (Å²) >= 11 is 0. The first-order valence-electron chi connectivity index (χ1n) is 10.3. The first kappa shape index (κ1) is 19.4. The summed E-state index contributed by atoms with van der Waals surface area (Å²) in [5, 5.41) is 0. The summed E-state index contributed by atoms with van der Waals surface area (Å²) in [7, 11) is 0. The first-order valence-corrected chi connectivity index (χ1v) is 10.3. The summed E-state index contributed by atoms with van der Waals surface area (Å²) < 4.78 is 0. The van der Waals surface area contributed by atoms with Crippen LogP contribution in [0.1, 0.15) is 41.3 Å². The van der Waals surface area contributed by atoms with Crippen LogP contribution >= 0.6 is 0 Å². The molecule has 0 N–H and O–H groups in total. The van der Waals surface area contributed by atoms with Crippen molar-refractivity contribution in [3.05, 3.63) is 53.2 Å². The van der Waals surface area contributed by atoms with Gasteiger partial charge in [0, 0.05) is 50.5 Å². The van der Waals surface area contributed by atoms with E-state index in [1.54, 1.807) is 23.2 Å². The van der Waals surface area contributed by atoms with E-state index in [2.05, 4.69) is 41.9 Å². The van der Waals surface area contributed by atoms with Crippen LogP contribution < -0.4 is 9.80 Å². The fraction of sp³-hybridized carbons (Fsp3) is 0.435. The van der Waals surface area contributed by atoms with Crippen LogP contribution in [0.25, 0.3) is 0 Å². The molecule has 1 aromatic carbocycles. The summed E-state index contributed by atoms with van der Waals surface area (Å²) in [6.45, 7) is 9.29. The van der Waals surface area contributed by atoms with Gasteiger partial charge in [-0.15, -0.1) is 0 Å². The molecule has 6 nitrogen and oxygen atoms in total. The second-order valence-corrected chi connectivity index (χ2v) is 8.13. The molecule has 2 fully saturated rings. The van der Waals surface area contributed by atoms with Gasteiger partial charge in [-0.1, -0.05) is 17.7 Å². The summed E-state index contributed by atoms with van der Waals surface area (Å²) in [5.74, 6) is 0.743.